The lowest BCUT2D eigenvalue weighted by atomic mass is 10.3. The molecule has 0 fully saturated rings. The van der Waals surface area contributed by atoms with Crippen molar-refractivity contribution in [1.29, 1.82) is 0 Å². The lowest BCUT2D eigenvalue weighted by Gasteiger charge is -2.19. The average Bonchev–Trinajstić information content (AvgIpc) is 2.72. The van der Waals surface area contributed by atoms with Crippen LogP contribution >= 0.6 is 7.82 Å². The lowest BCUT2D eigenvalue weighted by Crippen LogP contribution is -2.11. The highest BCUT2D eigenvalue weighted by Gasteiger charge is 2.30. The largest absolute Gasteiger partial charge is 0.587 e. The predicted molar refractivity (Wildman–Crippen MR) is 107 cm³/mol. The number of hydrogen-bond acceptors (Lipinski definition) is 7. The molecule has 8 nitrogen and oxygen atoms in total. The molecule has 2 aromatic rings. The number of phosphoric ester groups is 1. The van der Waals surface area contributed by atoms with Gasteiger partial charge in [0.05, 0.1) is 6.61 Å². The van der Waals surface area contributed by atoms with Crippen molar-refractivity contribution in [2.24, 2.45) is 0 Å². The van der Waals surface area contributed by atoms with E-state index in [1.54, 1.807) is 60.7 Å². The molecule has 0 aliphatic carbocycles. The number of rotatable bonds is 10. The number of carboxylic acids is 1. The van der Waals surface area contributed by atoms with E-state index in [0.29, 0.717) is 11.5 Å². The Morgan fingerprint density at radius 1 is 0.862 bits per heavy atom. The van der Waals surface area contributed by atoms with Crippen LogP contribution in [0.5, 0.6) is 11.5 Å². The van der Waals surface area contributed by atoms with Gasteiger partial charge in [-0.25, -0.2) is 14.2 Å². The van der Waals surface area contributed by atoms with Crippen molar-refractivity contribution in [3.05, 3.63) is 86.0 Å². The summed E-state index contributed by atoms with van der Waals surface area (Å²) in [5.41, 5.74) is 0. The van der Waals surface area contributed by atoms with Crippen molar-refractivity contribution >= 4 is 19.8 Å². The molecule has 0 heterocycles. The zero-order chi connectivity index (χ0) is 21.5. The van der Waals surface area contributed by atoms with E-state index in [2.05, 4.69) is 13.2 Å². The number of aliphatic carboxylic acids is 1. The number of esters is 1. The Morgan fingerprint density at radius 2 is 1.31 bits per heavy atom. The number of ether oxygens (including phenoxy) is 1. The van der Waals surface area contributed by atoms with Crippen LogP contribution < -0.4 is 9.05 Å². The van der Waals surface area contributed by atoms with Gasteiger partial charge in [0.25, 0.3) is 0 Å². The fourth-order valence-electron chi connectivity index (χ4n) is 1.64. The fraction of sp³-hybridized carbons (Fsp3) is 0.100. The SMILES string of the molecule is C=CC(=O)O.C=CC(=O)OCCOP(=O)(Oc1ccccc1)Oc1ccccc1. The highest BCUT2D eigenvalue weighted by Crippen LogP contribution is 2.49. The molecule has 0 amide bonds. The second-order valence-electron chi connectivity index (χ2n) is 5.00. The molecule has 154 valence electrons. The maximum atomic E-state index is 12.8. The molecule has 2 rings (SSSR count). The molecular weight excluding hydrogens is 399 g/mol. The minimum Gasteiger partial charge on any atom is -0.478 e. The third-order valence-corrected chi connectivity index (χ3v) is 4.21. The molecule has 0 spiro atoms. The molecule has 0 aliphatic rings. The van der Waals surface area contributed by atoms with Crippen molar-refractivity contribution in [2.45, 2.75) is 0 Å². The molecule has 0 saturated heterocycles. The van der Waals surface area contributed by atoms with E-state index in [0.717, 1.165) is 12.2 Å². The van der Waals surface area contributed by atoms with Gasteiger partial charge in [-0.15, -0.1) is 0 Å². The fourth-order valence-corrected chi connectivity index (χ4v) is 2.84. The van der Waals surface area contributed by atoms with Crippen LogP contribution in [0, 0.1) is 0 Å². The van der Waals surface area contributed by atoms with E-state index in [9.17, 15) is 14.2 Å². The second kappa shape index (κ2) is 12.9. The van der Waals surface area contributed by atoms with Crippen LogP contribution in [0.25, 0.3) is 0 Å². The van der Waals surface area contributed by atoms with E-state index in [4.69, 9.17) is 23.4 Å². The van der Waals surface area contributed by atoms with Crippen molar-refractivity contribution < 1.29 is 37.6 Å². The molecule has 0 radical (unpaired) electrons. The van der Waals surface area contributed by atoms with Crippen molar-refractivity contribution in [3.63, 3.8) is 0 Å². The predicted octanol–water partition coefficient (Wildman–Crippen LogP) is 4.26. The van der Waals surface area contributed by atoms with Crippen LogP contribution in [-0.2, 0) is 23.4 Å². The zero-order valence-corrected chi connectivity index (χ0v) is 16.4. The Morgan fingerprint density at radius 3 is 1.69 bits per heavy atom. The summed E-state index contributed by atoms with van der Waals surface area (Å²) in [7, 11) is -3.95. The second-order valence-corrected chi connectivity index (χ2v) is 6.52. The number of hydrogen-bond donors (Lipinski definition) is 1. The average molecular weight is 420 g/mol. The summed E-state index contributed by atoms with van der Waals surface area (Å²) in [6.45, 7) is 5.98. The summed E-state index contributed by atoms with van der Waals surface area (Å²) in [5.74, 6) is -0.911. The minimum atomic E-state index is -3.95. The van der Waals surface area contributed by atoms with Crippen molar-refractivity contribution in [1.82, 2.24) is 0 Å². The summed E-state index contributed by atoms with van der Waals surface area (Å²) in [6.07, 6.45) is 1.86. The van der Waals surface area contributed by atoms with Crippen molar-refractivity contribution in [3.8, 4) is 11.5 Å². The molecule has 1 N–H and O–H groups in total. The van der Waals surface area contributed by atoms with E-state index in [-0.39, 0.29) is 13.2 Å². The van der Waals surface area contributed by atoms with Crippen LogP contribution in [0.3, 0.4) is 0 Å². The Hall–Kier alpha value is -3.35. The first-order valence-electron chi connectivity index (χ1n) is 8.27. The molecule has 0 bridgehead atoms. The Bertz CT molecular complexity index is 791. The molecule has 2 aromatic carbocycles. The smallest absolute Gasteiger partial charge is 0.478 e. The van der Waals surface area contributed by atoms with E-state index in [1.165, 1.54) is 0 Å². The molecule has 0 unspecified atom stereocenters. The van der Waals surface area contributed by atoms with Crippen molar-refractivity contribution in [2.75, 3.05) is 13.2 Å². The highest BCUT2D eigenvalue weighted by molar-refractivity contribution is 7.49. The molecule has 0 saturated carbocycles. The Balaban J connectivity index is 0.000000749. The highest BCUT2D eigenvalue weighted by atomic mass is 31.2. The first kappa shape index (κ1) is 23.7. The van der Waals surface area contributed by atoms with Gasteiger partial charge in [-0.05, 0) is 24.3 Å². The zero-order valence-electron chi connectivity index (χ0n) is 15.5. The molecule has 9 heteroatoms. The van der Waals surface area contributed by atoms with Crippen LogP contribution in [0.4, 0.5) is 0 Å². The van der Waals surface area contributed by atoms with Gasteiger partial charge in [0.15, 0.2) is 0 Å². The lowest BCUT2D eigenvalue weighted by molar-refractivity contribution is -0.138. The van der Waals surface area contributed by atoms with Gasteiger partial charge in [-0.3, -0.25) is 4.52 Å². The minimum absolute atomic E-state index is 0.106. The van der Waals surface area contributed by atoms with Gasteiger partial charge in [-0.2, -0.15) is 0 Å². The van der Waals surface area contributed by atoms with Gasteiger partial charge in [0.2, 0.25) is 0 Å². The van der Waals surface area contributed by atoms with Gasteiger partial charge in [-0.1, -0.05) is 49.6 Å². The van der Waals surface area contributed by atoms with E-state index >= 15 is 0 Å². The Labute approximate surface area is 168 Å². The van der Waals surface area contributed by atoms with Gasteiger partial charge in [0, 0.05) is 12.2 Å². The van der Waals surface area contributed by atoms with Gasteiger partial charge >= 0.3 is 19.8 Å². The van der Waals surface area contributed by atoms with Crippen LogP contribution in [0.2, 0.25) is 0 Å². The summed E-state index contributed by atoms with van der Waals surface area (Å²) in [5, 5.41) is 7.60. The van der Waals surface area contributed by atoms with Crippen LogP contribution in [0.15, 0.2) is 86.0 Å². The monoisotopic (exact) mass is 420 g/mol. The van der Waals surface area contributed by atoms with E-state index in [1.807, 2.05) is 0 Å². The van der Waals surface area contributed by atoms with Crippen LogP contribution in [-0.4, -0.2) is 30.3 Å². The molecule has 0 atom stereocenters. The summed E-state index contributed by atoms with van der Waals surface area (Å²) >= 11 is 0. The standard InChI is InChI=1S/C17H17O6P.C3H4O2/c1-2-17(18)20-13-14-21-24(19,22-15-9-5-3-6-10-15)23-16-11-7-4-8-12-16;1-2-3(4)5/h2-12H,1,13-14H2;2H,1H2,(H,4,5). The number of benzene rings is 2. The number of carbonyl (C=O) groups is 2. The summed E-state index contributed by atoms with van der Waals surface area (Å²) in [6, 6.07) is 17.0. The summed E-state index contributed by atoms with van der Waals surface area (Å²) < 4.78 is 33.6. The van der Waals surface area contributed by atoms with Gasteiger partial charge in [0.1, 0.15) is 18.1 Å². The van der Waals surface area contributed by atoms with Crippen LogP contribution in [0.1, 0.15) is 0 Å². The normalized spacial score (nSPS) is 9.93. The molecular formula is C20H21O8P. The first-order valence-corrected chi connectivity index (χ1v) is 9.73. The van der Waals surface area contributed by atoms with E-state index < -0.39 is 19.8 Å². The third-order valence-electron chi connectivity index (χ3n) is 2.84. The number of phosphoric acid groups is 1. The number of para-hydroxylation sites is 2. The quantitative estimate of drug-likeness (QED) is 0.263. The maximum Gasteiger partial charge on any atom is 0.587 e. The topological polar surface area (TPSA) is 108 Å². The Kier molecular flexibility index (Phi) is 10.6. The third kappa shape index (κ3) is 10.5. The number of carboxylic acid groups (broad SMARTS) is 1. The first-order chi connectivity index (χ1) is 13.9. The summed E-state index contributed by atoms with van der Waals surface area (Å²) in [4.78, 5) is 20.2. The molecule has 0 aromatic heterocycles. The molecule has 0 aliphatic heterocycles. The number of carbonyl (C=O) groups excluding carboxylic acids is 1. The molecule has 29 heavy (non-hydrogen) atoms. The van der Waals surface area contributed by atoms with Gasteiger partial charge < -0.3 is 18.9 Å². The maximum absolute atomic E-state index is 12.8.